The molecule has 0 saturated heterocycles. The van der Waals surface area contributed by atoms with Gasteiger partial charge in [0.1, 0.15) is 17.3 Å². The maximum Gasteiger partial charge on any atom is 0.274 e. The summed E-state index contributed by atoms with van der Waals surface area (Å²) in [6.07, 6.45) is 6.51. The van der Waals surface area contributed by atoms with E-state index in [0.29, 0.717) is 17.7 Å². The number of rotatable bonds is 5. The van der Waals surface area contributed by atoms with Crippen LogP contribution in [-0.2, 0) is 6.42 Å². The van der Waals surface area contributed by atoms with Gasteiger partial charge in [-0.2, -0.15) is 0 Å². The van der Waals surface area contributed by atoms with Crippen LogP contribution in [0.2, 0.25) is 0 Å². The Balaban J connectivity index is 1.61. The number of carbonyl (C=O) groups is 1. The minimum Gasteiger partial charge on any atom is -0.393 e. The third kappa shape index (κ3) is 4.53. The summed E-state index contributed by atoms with van der Waals surface area (Å²) < 4.78 is 29.2. The lowest BCUT2D eigenvalue weighted by atomic mass is 9.82. The van der Waals surface area contributed by atoms with E-state index in [-0.39, 0.29) is 29.0 Å². The Labute approximate surface area is 185 Å². The molecule has 2 N–H and O–H groups in total. The number of aliphatic hydroxyl groups excluding tert-OH is 1. The van der Waals surface area contributed by atoms with Crippen LogP contribution in [0.4, 0.5) is 14.5 Å². The molecule has 1 saturated carbocycles. The number of pyridine rings is 2. The lowest BCUT2D eigenvalue weighted by Crippen LogP contribution is -2.20. The molecule has 0 aliphatic heterocycles. The Bertz CT molecular complexity index is 1130. The second-order valence-corrected chi connectivity index (χ2v) is 8.08. The van der Waals surface area contributed by atoms with Crippen LogP contribution in [-0.4, -0.2) is 27.1 Å². The van der Waals surface area contributed by atoms with E-state index in [0.717, 1.165) is 31.2 Å². The number of carbonyl (C=O) groups excluding carboxylic acids is 1. The monoisotopic (exact) mass is 437 g/mol. The normalized spacial score (nSPS) is 18.4. The lowest BCUT2D eigenvalue weighted by molar-refractivity contribution is 0.102. The molecule has 0 atom stereocenters. The number of aromatic nitrogens is 2. The summed E-state index contributed by atoms with van der Waals surface area (Å²) in [7, 11) is 0. The maximum atomic E-state index is 14.8. The van der Waals surface area contributed by atoms with Gasteiger partial charge in [-0.05, 0) is 73.4 Å². The summed E-state index contributed by atoms with van der Waals surface area (Å²) in [5.41, 5.74) is 1.81. The van der Waals surface area contributed by atoms with Gasteiger partial charge in [0.15, 0.2) is 0 Å². The van der Waals surface area contributed by atoms with Gasteiger partial charge in [0, 0.05) is 6.20 Å². The van der Waals surface area contributed by atoms with E-state index in [9.17, 15) is 18.7 Å². The van der Waals surface area contributed by atoms with Crippen molar-refractivity contribution in [1.29, 1.82) is 0 Å². The molecule has 4 rings (SSSR count). The van der Waals surface area contributed by atoms with Gasteiger partial charge in [0.2, 0.25) is 0 Å². The van der Waals surface area contributed by atoms with Crippen molar-refractivity contribution in [2.45, 2.75) is 51.0 Å². The van der Waals surface area contributed by atoms with Gasteiger partial charge in [-0.25, -0.2) is 13.8 Å². The fraction of sp³-hybridized carbons (Fsp3) is 0.320. The minimum absolute atomic E-state index is 0.0528. The van der Waals surface area contributed by atoms with Crippen LogP contribution in [0.3, 0.4) is 0 Å². The number of hydrogen-bond donors (Lipinski definition) is 2. The number of halogens is 2. The highest BCUT2D eigenvalue weighted by atomic mass is 19.1. The van der Waals surface area contributed by atoms with E-state index in [2.05, 4.69) is 15.3 Å². The number of hydrogen-bond acceptors (Lipinski definition) is 4. The Hall–Kier alpha value is -3.19. The van der Waals surface area contributed by atoms with Crippen molar-refractivity contribution < 1.29 is 18.7 Å². The van der Waals surface area contributed by atoms with Gasteiger partial charge in [-0.15, -0.1) is 0 Å². The van der Waals surface area contributed by atoms with Crippen LogP contribution in [0.5, 0.6) is 0 Å². The van der Waals surface area contributed by atoms with Crippen LogP contribution < -0.4 is 5.32 Å². The summed E-state index contributed by atoms with van der Waals surface area (Å²) in [4.78, 5) is 21.3. The molecular formula is C25H25F2N3O2. The summed E-state index contributed by atoms with van der Waals surface area (Å²) in [6.45, 7) is 1.79. The number of anilines is 1. The molecule has 2 heterocycles. The highest BCUT2D eigenvalue weighted by Crippen LogP contribution is 2.36. The number of nitrogens with zero attached hydrogens (tertiary/aromatic N) is 2. The molecule has 1 aromatic carbocycles. The van der Waals surface area contributed by atoms with Crippen LogP contribution in [0.15, 0.2) is 48.8 Å². The predicted octanol–water partition coefficient (Wildman–Crippen LogP) is 5.26. The Morgan fingerprint density at radius 1 is 1.12 bits per heavy atom. The summed E-state index contributed by atoms with van der Waals surface area (Å²) in [5, 5.41) is 12.6. The SMILES string of the molecule is CCc1ccc(F)c(-c2cccc(C(=O)Nc3cnccc3C3CCC(O)CC3)n2)c1F. The predicted molar refractivity (Wildman–Crippen MR) is 118 cm³/mol. The molecule has 1 fully saturated rings. The second kappa shape index (κ2) is 9.53. The zero-order valence-electron chi connectivity index (χ0n) is 17.8. The Kier molecular flexibility index (Phi) is 6.55. The Morgan fingerprint density at radius 2 is 1.91 bits per heavy atom. The quantitative estimate of drug-likeness (QED) is 0.571. The molecule has 32 heavy (non-hydrogen) atoms. The average Bonchev–Trinajstić information content (AvgIpc) is 2.80. The van der Waals surface area contributed by atoms with Gasteiger partial charge in [0.05, 0.1) is 29.2 Å². The van der Waals surface area contributed by atoms with Crippen LogP contribution in [0.1, 0.15) is 60.1 Å². The molecule has 0 radical (unpaired) electrons. The van der Waals surface area contributed by atoms with Gasteiger partial charge < -0.3 is 10.4 Å². The van der Waals surface area contributed by atoms with Gasteiger partial charge in [-0.1, -0.05) is 19.1 Å². The third-order valence-electron chi connectivity index (χ3n) is 6.03. The highest BCUT2D eigenvalue weighted by Gasteiger charge is 2.24. The molecule has 1 amide bonds. The van der Waals surface area contributed by atoms with E-state index in [1.54, 1.807) is 25.4 Å². The van der Waals surface area contributed by atoms with E-state index < -0.39 is 17.5 Å². The third-order valence-corrected chi connectivity index (χ3v) is 6.03. The van der Waals surface area contributed by atoms with Gasteiger partial charge in [-0.3, -0.25) is 9.78 Å². The molecule has 1 aliphatic rings. The first-order chi connectivity index (χ1) is 15.5. The van der Waals surface area contributed by atoms with Crippen molar-refractivity contribution in [1.82, 2.24) is 9.97 Å². The van der Waals surface area contributed by atoms with Crippen molar-refractivity contribution in [2.24, 2.45) is 0 Å². The summed E-state index contributed by atoms with van der Waals surface area (Å²) >= 11 is 0. The molecule has 166 valence electrons. The first kappa shape index (κ1) is 22.0. The number of amides is 1. The number of aliphatic hydroxyl groups is 1. The molecule has 2 aromatic heterocycles. The van der Waals surface area contributed by atoms with Crippen LogP contribution in [0, 0.1) is 11.6 Å². The zero-order chi connectivity index (χ0) is 22.7. The van der Waals surface area contributed by atoms with E-state index >= 15 is 0 Å². The summed E-state index contributed by atoms with van der Waals surface area (Å²) in [6, 6.07) is 9.06. The zero-order valence-corrected chi connectivity index (χ0v) is 17.8. The van der Waals surface area contributed by atoms with Crippen molar-refractivity contribution in [3.63, 3.8) is 0 Å². The number of aryl methyl sites for hydroxylation is 1. The molecule has 0 unspecified atom stereocenters. The van der Waals surface area contributed by atoms with Crippen molar-refractivity contribution in [3.05, 3.63) is 77.2 Å². The molecule has 7 heteroatoms. The lowest BCUT2D eigenvalue weighted by Gasteiger charge is -2.27. The van der Waals surface area contributed by atoms with Crippen molar-refractivity contribution in [3.8, 4) is 11.3 Å². The highest BCUT2D eigenvalue weighted by molar-refractivity contribution is 6.03. The topological polar surface area (TPSA) is 75.1 Å². The molecule has 1 aliphatic carbocycles. The number of nitrogens with one attached hydrogen (secondary N) is 1. The fourth-order valence-corrected chi connectivity index (χ4v) is 4.24. The first-order valence-electron chi connectivity index (χ1n) is 10.9. The molecule has 0 spiro atoms. The molecule has 3 aromatic rings. The van der Waals surface area contributed by atoms with E-state index in [1.807, 2.05) is 6.07 Å². The van der Waals surface area contributed by atoms with E-state index in [1.165, 1.54) is 24.3 Å². The fourth-order valence-electron chi connectivity index (χ4n) is 4.24. The average molecular weight is 437 g/mol. The second-order valence-electron chi connectivity index (χ2n) is 8.08. The van der Waals surface area contributed by atoms with Crippen molar-refractivity contribution in [2.75, 3.05) is 5.32 Å². The Morgan fingerprint density at radius 3 is 2.66 bits per heavy atom. The van der Waals surface area contributed by atoms with Crippen LogP contribution >= 0.6 is 0 Å². The summed E-state index contributed by atoms with van der Waals surface area (Å²) in [5.74, 6) is -1.65. The maximum absolute atomic E-state index is 14.8. The first-order valence-corrected chi connectivity index (χ1v) is 10.9. The molecule has 5 nitrogen and oxygen atoms in total. The standard InChI is InChI=1S/C25H25F2N3O2/c1-2-15-8-11-19(26)23(24(15)27)20-4-3-5-21(29-20)25(32)30-22-14-28-13-12-18(22)16-6-9-17(31)10-7-16/h3-5,8,11-14,16-17,31H,2,6-7,9-10H2,1H3,(H,30,32). The van der Waals surface area contributed by atoms with E-state index in [4.69, 9.17) is 0 Å². The molecule has 0 bridgehead atoms. The van der Waals surface area contributed by atoms with Gasteiger partial charge >= 0.3 is 0 Å². The largest absolute Gasteiger partial charge is 0.393 e. The van der Waals surface area contributed by atoms with Crippen molar-refractivity contribution >= 4 is 11.6 Å². The smallest absolute Gasteiger partial charge is 0.274 e. The number of benzene rings is 1. The van der Waals surface area contributed by atoms with Gasteiger partial charge in [0.25, 0.3) is 5.91 Å². The van der Waals surface area contributed by atoms with Crippen LogP contribution in [0.25, 0.3) is 11.3 Å². The minimum atomic E-state index is -0.723. The molecular weight excluding hydrogens is 412 g/mol.